The van der Waals surface area contributed by atoms with E-state index in [0.717, 1.165) is 12.5 Å². The van der Waals surface area contributed by atoms with Crippen LogP contribution >= 0.6 is 0 Å². The van der Waals surface area contributed by atoms with Gasteiger partial charge < -0.3 is 5.73 Å². The Bertz CT molecular complexity index is 217. The van der Waals surface area contributed by atoms with Gasteiger partial charge in [-0.3, -0.25) is 4.90 Å². The zero-order chi connectivity index (χ0) is 11.1. The average molecular weight is 210 g/mol. The van der Waals surface area contributed by atoms with Gasteiger partial charge in [-0.05, 0) is 24.2 Å². The maximum Gasteiger partial charge on any atom is 0.0332 e. The Hall–Kier alpha value is -0.0800. The highest BCUT2D eigenvalue weighted by atomic mass is 15.3. The quantitative estimate of drug-likeness (QED) is 0.757. The lowest BCUT2D eigenvalue weighted by atomic mass is 9.73. The second-order valence-corrected chi connectivity index (χ2v) is 6.60. The van der Waals surface area contributed by atoms with Crippen LogP contribution in [0.25, 0.3) is 0 Å². The molecular weight excluding hydrogens is 184 g/mol. The number of nitrogens with zero attached hydrogens (tertiary/aromatic N) is 1. The minimum absolute atomic E-state index is 0.391. The molecule has 0 aromatic heterocycles. The molecule has 1 saturated heterocycles. The molecule has 0 aromatic rings. The zero-order valence-corrected chi connectivity index (χ0v) is 10.6. The summed E-state index contributed by atoms with van der Waals surface area (Å²) in [6.07, 6.45) is 5.43. The van der Waals surface area contributed by atoms with Gasteiger partial charge in [0.25, 0.3) is 0 Å². The van der Waals surface area contributed by atoms with Crippen molar-refractivity contribution in [2.45, 2.75) is 52.0 Å². The molecule has 2 rings (SSSR count). The first-order valence-electron chi connectivity index (χ1n) is 6.43. The molecule has 0 aromatic carbocycles. The molecule has 1 aliphatic carbocycles. The van der Waals surface area contributed by atoms with Crippen LogP contribution in [0.1, 0.15) is 46.5 Å². The van der Waals surface area contributed by atoms with Gasteiger partial charge in [0.15, 0.2) is 0 Å². The van der Waals surface area contributed by atoms with Crippen molar-refractivity contribution in [3.05, 3.63) is 0 Å². The third kappa shape index (κ3) is 1.94. The highest BCUT2D eigenvalue weighted by Gasteiger charge is 2.46. The molecule has 0 radical (unpaired) electrons. The molecule has 88 valence electrons. The topological polar surface area (TPSA) is 29.3 Å². The first-order valence-corrected chi connectivity index (χ1v) is 6.43. The molecular formula is C13H26N2. The van der Waals surface area contributed by atoms with Crippen molar-refractivity contribution in [3.8, 4) is 0 Å². The fourth-order valence-electron chi connectivity index (χ4n) is 3.10. The second-order valence-electron chi connectivity index (χ2n) is 6.60. The van der Waals surface area contributed by atoms with Crippen molar-refractivity contribution in [2.75, 3.05) is 19.6 Å². The Balaban J connectivity index is 1.93. The van der Waals surface area contributed by atoms with Gasteiger partial charge in [-0.15, -0.1) is 0 Å². The fraction of sp³-hybridized carbons (Fsp3) is 1.00. The monoisotopic (exact) mass is 210 g/mol. The predicted molar refractivity (Wildman–Crippen MR) is 64.8 cm³/mol. The Kier molecular flexibility index (Phi) is 2.85. The molecule has 1 heterocycles. The summed E-state index contributed by atoms with van der Waals surface area (Å²) in [5, 5.41) is 0. The summed E-state index contributed by atoms with van der Waals surface area (Å²) in [5.74, 6) is 0.876. The van der Waals surface area contributed by atoms with Crippen molar-refractivity contribution in [1.82, 2.24) is 4.90 Å². The van der Waals surface area contributed by atoms with Crippen LogP contribution in [0.15, 0.2) is 0 Å². The number of nitrogens with two attached hydrogens (primary N) is 1. The third-order valence-corrected chi connectivity index (χ3v) is 4.69. The molecule has 0 spiro atoms. The molecule has 2 heteroatoms. The number of rotatable bonds is 2. The maximum atomic E-state index is 5.99. The van der Waals surface area contributed by atoms with Gasteiger partial charge in [-0.1, -0.05) is 33.6 Å². The van der Waals surface area contributed by atoms with Crippen molar-refractivity contribution < 1.29 is 0 Å². The molecule has 0 atom stereocenters. The maximum absolute atomic E-state index is 5.99. The number of hydrogen-bond acceptors (Lipinski definition) is 2. The van der Waals surface area contributed by atoms with E-state index < -0.39 is 0 Å². The third-order valence-electron chi connectivity index (χ3n) is 4.69. The Morgan fingerprint density at radius 3 is 2.13 bits per heavy atom. The van der Waals surface area contributed by atoms with Crippen LogP contribution in [0, 0.1) is 11.3 Å². The number of hydrogen-bond donors (Lipinski definition) is 1. The molecule has 1 saturated carbocycles. The summed E-state index contributed by atoms with van der Waals surface area (Å²) < 4.78 is 0. The summed E-state index contributed by atoms with van der Waals surface area (Å²) in [4.78, 5) is 2.66. The Labute approximate surface area is 94.2 Å². The van der Waals surface area contributed by atoms with Crippen molar-refractivity contribution in [1.29, 1.82) is 0 Å². The minimum Gasteiger partial charge on any atom is -0.329 e. The molecule has 0 unspecified atom stereocenters. The average Bonchev–Trinajstić information content (AvgIpc) is 2.48. The van der Waals surface area contributed by atoms with Gasteiger partial charge in [0, 0.05) is 25.2 Å². The summed E-state index contributed by atoms with van der Waals surface area (Å²) in [6, 6.07) is 0. The lowest BCUT2D eigenvalue weighted by Crippen LogP contribution is -2.64. The van der Waals surface area contributed by atoms with Crippen LogP contribution < -0.4 is 5.73 Å². The first kappa shape index (κ1) is 11.4. The molecule has 0 amide bonds. The molecule has 2 N–H and O–H groups in total. The van der Waals surface area contributed by atoms with Crippen molar-refractivity contribution >= 4 is 0 Å². The molecule has 2 aliphatic rings. The second kappa shape index (κ2) is 3.74. The van der Waals surface area contributed by atoms with Crippen molar-refractivity contribution in [3.63, 3.8) is 0 Å². The molecule has 1 aliphatic heterocycles. The van der Waals surface area contributed by atoms with Gasteiger partial charge in [-0.2, -0.15) is 0 Å². The van der Waals surface area contributed by atoms with Crippen molar-refractivity contribution in [2.24, 2.45) is 17.1 Å². The van der Waals surface area contributed by atoms with Gasteiger partial charge >= 0.3 is 0 Å². The van der Waals surface area contributed by atoms with Crippen LogP contribution in [0.4, 0.5) is 0 Å². The minimum atomic E-state index is 0.391. The van der Waals surface area contributed by atoms with Gasteiger partial charge in [0.1, 0.15) is 0 Å². The van der Waals surface area contributed by atoms with E-state index in [1.807, 2.05) is 0 Å². The van der Waals surface area contributed by atoms with Gasteiger partial charge in [0.05, 0.1) is 0 Å². The van der Waals surface area contributed by atoms with Crippen LogP contribution in [-0.4, -0.2) is 30.1 Å². The highest BCUT2D eigenvalue weighted by Crippen LogP contribution is 2.43. The largest absolute Gasteiger partial charge is 0.329 e. The van der Waals surface area contributed by atoms with Gasteiger partial charge in [0.2, 0.25) is 0 Å². The van der Waals surface area contributed by atoms with E-state index >= 15 is 0 Å². The Morgan fingerprint density at radius 1 is 1.20 bits per heavy atom. The predicted octanol–water partition coefficient (Wildman–Crippen LogP) is 2.24. The van der Waals surface area contributed by atoms with Crippen LogP contribution in [-0.2, 0) is 0 Å². The normalized spacial score (nSPS) is 28.0. The molecule has 2 nitrogen and oxygen atoms in total. The smallest absolute Gasteiger partial charge is 0.0332 e. The number of likely N-dealkylation sites (tertiary alicyclic amines) is 1. The van der Waals surface area contributed by atoms with E-state index in [0.29, 0.717) is 11.0 Å². The summed E-state index contributed by atoms with van der Waals surface area (Å²) in [7, 11) is 0. The molecule has 15 heavy (non-hydrogen) atoms. The van der Waals surface area contributed by atoms with Gasteiger partial charge in [-0.25, -0.2) is 0 Å². The highest BCUT2D eigenvalue weighted by molar-refractivity contribution is 5.02. The van der Waals surface area contributed by atoms with E-state index in [-0.39, 0.29) is 0 Å². The molecule has 0 bridgehead atoms. The van der Waals surface area contributed by atoms with E-state index in [9.17, 15) is 0 Å². The first-order chi connectivity index (χ1) is 6.98. The van der Waals surface area contributed by atoms with Crippen LogP contribution in [0.5, 0.6) is 0 Å². The van der Waals surface area contributed by atoms with E-state index in [2.05, 4.69) is 25.7 Å². The van der Waals surface area contributed by atoms with E-state index in [4.69, 9.17) is 5.73 Å². The zero-order valence-electron chi connectivity index (χ0n) is 10.6. The summed E-state index contributed by atoms with van der Waals surface area (Å²) >= 11 is 0. The fourth-order valence-corrected chi connectivity index (χ4v) is 3.10. The summed E-state index contributed by atoms with van der Waals surface area (Å²) in [5.41, 5.74) is 6.86. The lowest BCUT2D eigenvalue weighted by molar-refractivity contribution is -0.0507. The van der Waals surface area contributed by atoms with E-state index in [1.165, 1.54) is 38.8 Å². The SMILES string of the molecule is CC(C)(C)C1CN(C2(CN)CCCC2)C1. The Morgan fingerprint density at radius 2 is 1.73 bits per heavy atom. The van der Waals surface area contributed by atoms with Crippen LogP contribution in [0.2, 0.25) is 0 Å². The van der Waals surface area contributed by atoms with Crippen LogP contribution in [0.3, 0.4) is 0 Å². The van der Waals surface area contributed by atoms with E-state index in [1.54, 1.807) is 0 Å². The molecule has 2 fully saturated rings. The summed E-state index contributed by atoms with van der Waals surface area (Å²) in [6.45, 7) is 10.5. The lowest BCUT2D eigenvalue weighted by Gasteiger charge is -2.54. The standard InChI is InChI=1S/C13H26N2/c1-12(2,3)11-8-15(9-11)13(10-14)6-4-5-7-13/h11H,4-10,14H2,1-3H3.